The summed E-state index contributed by atoms with van der Waals surface area (Å²) in [6.45, 7) is 6.63. The Hall–Kier alpha value is -7.02. The Morgan fingerprint density at radius 2 is 1.59 bits per heavy atom. The van der Waals surface area contributed by atoms with Gasteiger partial charge in [-0.15, -0.1) is 0 Å². The molecule has 4 saturated heterocycles. The van der Waals surface area contributed by atoms with Gasteiger partial charge in [0.2, 0.25) is 23.6 Å². The number of carbonyl (C=O) groups is 6. The van der Waals surface area contributed by atoms with E-state index in [4.69, 9.17) is 9.84 Å². The van der Waals surface area contributed by atoms with Gasteiger partial charge in [-0.1, -0.05) is 6.07 Å². The SMILES string of the molecule is CC(=O)N1CCc2c(c(N3CCCc4cc(-c5cn(C6CCN(C(=O)C7CCN(c8cccc9c8C(=O)N(C8CCC(=O)NC8=O)C9=O)CC7)CC6)c6ccncc56)c(C(F)F)cc43)nn2C2CCOCC2)C1. The van der Waals surface area contributed by atoms with Gasteiger partial charge in [-0.2, -0.15) is 5.10 Å². The summed E-state index contributed by atoms with van der Waals surface area (Å²) >= 11 is 0. The number of hydrogen-bond acceptors (Lipinski definition) is 11. The molecule has 19 heteroatoms. The van der Waals surface area contributed by atoms with Crippen LogP contribution in [0, 0.1) is 5.92 Å². The normalized spacial score (nSPS) is 21.3. The average Bonchev–Trinajstić information content (AvgIpc) is 4.07. The average molecular weight is 997 g/mol. The number of aromatic nitrogens is 4. The van der Waals surface area contributed by atoms with E-state index < -0.39 is 36.1 Å². The highest BCUT2D eigenvalue weighted by Gasteiger charge is 2.47. The molecule has 73 heavy (non-hydrogen) atoms. The van der Waals surface area contributed by atoms with Crippen LogP contribution >= 0.6 is 0 Å². The molecule has 12 rings (SSSR count). The molecule has 1 unspecified atom stereocenters. The smallest absolute Gasteiger partial charge is 0.264 e. The highest BCUT2D eigenvalue weighted by Crippen LogP contribution is 2.46. The first-order chi connectivity index (χ1) is 35.4. The van der Waals surface area contributed by atoms with Crippen molar-refractivity contribution in [2.24, 2.45) is 5.92 Å². The van der Waals surface area contributed by atoms with E-state index in [1.165, 1.54) is 0 Å². The van der Waals surface area contributed by atoms with Crippen molar-refractivity contribution in [1.29, 1.82) is 0 Å². The predicted molar refractivity (Wildman–Crippen MR) is 264 cm³/mol. The minimum atomic E-state index is -2.77. The Morgan fingerprint density at radius 3 is 2.34 bits per heavy atom. The van der Waals surface area contributed by atoms with Gasteiger partial charge in [-0.05, 0) is 99.2 Å². The molecular formula is C54H58F2N10O7. The molecule has 0 saturated carbocycles. The number of aryl methyl sites for hydroxylation is 1. The molecule has 7 aliphatic heterocycles. The molecule has 10 heterocycles. The molecule has 3 aromatic heterocycles. The highest BCUT2D eigenvalue weighted by molar-refractivity contribution is 6.25. The van der Waals surface area contributed by atoms with Gasteiger partial charge in [-0.25, -0.2) is 8.78 Å². The van der Waals surface area contributed by atoms with Crippen molar-refractivity contribution in [3.63, 3.8) is 0 Å². The number of halogens is 2. The fourth-order valence-corrected chi connectivity index (χ4v) is 12.8. The Bertz CT molecular complexity index is 3090. The molecule has 5 aromatic rings. The highest BCUT2D eigenvalue weighted by atomic mass is 19.3. The number of nitrogens with zero attached hydrogens (tertiary/aromatic N) is 9. The van der Waals surface area contributed by atoms with E-state index in [0.29, 0.717) is 114 Å². The van der Waals surface area contributed by atoms with Crippen LogP contribution in [0.15, 0.2) is 55.0 Å². The first kappa shape index (κ1) is 47.0. The van der Waals surface area contributed by atoms with Crippen molar-refractivity contribution < 1.29 is 42.3 Å². The third-order valence-electron chi connectivity index (χ3n) is 16.6. The third kappa shape index (κ3) is 8.14. The van der Waals surface area contributed by atoms with Crippen LogP contribution in [-0.2, 0) is 43.3 Å². The van der Waals surface area contributed by atoms with Crippen molar-refractivity contribution >= 4 is 63.5 Å². The van der Waals surface area contributed by atoms with Gasteiger partial charge in [0.15, 0.2) is 5.82 Å². The number of fused-ring (bicyclic) bond motifs is 4. The number of pyridine rings is 1. The second-order valence-electron chi connectivity index (χ2n) is 20.7. The van der Waals surface area contributed by atoms with Gasteiger partial charge in [0.05, 0.1) is 34.9 Å². The summed E-state index contributed by atoms with van der Waals surface area (Å²) in [7, 11) is 0. The lowest BCUT2D eigenvalue weighted by Crippen LogP contribution is -2.54. The van der Waals surface area contributed by atoms with E-state index in [-0.39, 0.29) is 59.3 Å². The van der Waals surface area contributed by atoms with Crippen molar-refractivity contribution in [2.45, 2.75) is 109 Å². The lowest BCUT2D eigenvalue weighted by Gasteiger charge is -2.38. The van der Waals surface area contributed by atoms with E-state index in [0.717, 1.165) is 63.4 Å². The molecule has 0 aliphatic carbocycles. The largest absolute Gasteiger partial charge is 0.381 e. The summed E-state index contributed by atoms with van der Waals surface area (Å²) in [5.41, 5.74) is 6.88. The zero-order valence-corrected chi connectivity index (χ0v) is 40.9. The van der Waals surface area contributed by atoms with E-state index in [9.17, 15) is 28.8 Å². The van der Waals surface area contributed by atoms with Crippen molar-refractivity contribution in [2.75, 3.05) is 62.3 Å². The third-order valence-corrected chi connectivity index (χ3v) is 16.6. The van der Waals surface area contributed by atoms with Crippen LogP contribution in [0.5, 0.6) is 0 Å². The monoisotopic (exact) mass is 996 g/mol. The molecule has 1 atom stereocenters. The number of nitrogens with one attached hydrogen (secondary N) is 1. The Balaban J connectivity index is 0.756. The standard InChI is InChI=1S/C54H58F2N10O7/c1-31(67)62-23-14-43-41(29-62)50(59-66(43)35-15-24-73-25-16-35)63-18-3-4-33-26-37(38(49(55)56)27-46(33)63)40-30-64(42-9-17-57-28-39(40)42)34-12-21-61(22-13-34)52(70)32-10-19-60(20-11-32)44-6-2-5-36-48(44)54(72)65(53(36)71)45-7-8-47(68)58-51(45)69/h2,5-6,9,17,26-28,30,32,34-35,45,49H,3-4,7-8,10-16,18-25,29H2,1H3,(H,58,68,69). The van der Waals surface area contributed by atoms with Crippen LogP contribution < -0.4 is 15.1 Å². The molecular weight excluding hydrogens is 939 g/mol. The molecule has 2 aromatic carbocycles. The topological polar surface area (TPSA) is 176 Å². The summed E-state index contributed by atoms with van der Waals surface area (Å²) in [4.78, 5) is 91.9. The number of alkyl halides is 2. The maximum Gasteiger partial charge on any atom is 0.264 e. The number of anilines is 3. The summed E-state index contributed by atoms with van der Waals surface area (Å²) in [6, 6.07) is 9.79. The lowest BCUT2D eigenvalue weighted by molar-refractivity contribution is -0.138. The summed E-state index contributed by atoms with van der Waals surface area (Å²) < 4.78 is 41.2. The number of benzene rings is 2. The number of amides is 6. The molecule has 0 bridgehead atoms. The van der Waals surface area contributed by atoms with Crippen molar-refractivity contribution in [3.8, 4) is 11.1 Å². The number of carbonyl (C=O) groups excluding carboxylic acids is 6. The van der Waals surface area contributed by atoms with Gasteiger partial charge in [-0.3, -0.25) is 48.6 Å². The fourth-order valence-electron chi connectivity index (χ4n) is 12.8. The quantitative estimate of drug-likeness (QED) is 0.165. The Kier molecular flexibility index (Phi) is 12.1. The molecule has 0 radical (unpaired) electrons. The van der Waals surface area contributed by atoms with E-state index in [2.05, 4.69) is 24.4 Å². The summed E-state index contributed by atoms with van der Waals surface area (Å²) in [5.74, 6) is -1.58. The maximum absolute atomic E-state index is 15.6. The van der Waals surface area contributed by atoms with Crippen LogP contribution in [0.2, 0.25) is 0 Å². The number of imide groups is 2. The van der Waals surface area contributed by atoms with E-state index in [1.807, 2.05) is 33.0 Å². The fraction of sp³-hybridized carbons (Fsp3) is 0.481. The number of rotatable bonds is 8. The van der Waals surface area contributed by atoms with Crippen LogP contribution in [0.4, 0.5) is 26.0 Å². The maximum atomic E-state index is 15.6. The van der Waals surface area contributed by atoms with Gasteiger partial charge in [0, 0.05) is 136 Å². The Morgan fingerprint density at radius 1 is 0.795 bits per heavy atom. The molecule has 380 valence electrons. The molecule has 4 fully saturated rings. The zero-order chi connectivity index (χ0) is 50.2. The number of ether oxygens (including phenoxy) is 1. The zero-order valence-electron chi connectivity index (χ0n) is 40.9. The van der Waals surface area contributed by atoms with Crippen LogP contribution in [-0.4, -0.2) is 128 Å². The van der Waals surface area contributed by atoms with Gasteiger partial charge >= 0.3 is 0 Å². The summed E-state index contributed by atoms with van der Waals surface area (Å²) in [5, 5.41) is 8.29. The van der Waals surface area contributed by atoms with Gasteiger partial charge in [0.1, 0.15) is 6.04 Å². The molecule has 6 amide bonds. The second kappa shape index (κ2) is 18.8. The number of likely N-dealkylation sites (tertiary alicyclic amines) is 1. The van der Waals surface area contributed by atoms with Crippen LogP contribution in [0.1, 0.15) is 126 Å². The van der Waals surface area contributed by atoms with E-state index >= 15 is 8.78 Å². The molecule has 1 N–H and O–H groups in total. The second-order valence-corrected chi connectivity index (χ2v) is 20.7. The van der Waals surface area contributed by atoms with Crippen molar-refractivity contribution in [3.05, 3.63) is 88.5 Å². The van der Waals surface area contributed by atoms with Gasteiger partial charge in [0.25, 0.3) is 18.2 Å². The predicted octanol–water partition coefficient (Wildman–Crippen LogP) is 6.66. The summed E-state index contributed by atoms with van der Waals surface area (Å²) in [6.07, 6.45) is 9.20. The van der Waals surface area contributed by atoms with E-state index in [1.54, 1.807) is 43.6 Å². The minimum absolute atomic E-state index is 0.00143. The Labute approximate surface area is 420 Å². The van der Waals surface area contributed by atoms with Crippen molar-refractivity contribution in [1.82, 2.24) is 39.3 Å². The van der Waals surface area contributed by atoms with Crippen LogP contribution in [0.3, 0.4) is 0 Å². The van der Waals surface area contributed by atoms with Gasteiger partial charge < -0.3 is 28.9 Å². The van der Waals surface area contributed by atoms with Crippen LogP contribution in [0.25, 0.3) is 22.0 Å². The number of hydrogen-bond donors (Lipinski definition) is 1. The lowest BCUT2D eigenvalue weighted by atomic mass is 9.91. The number of piperidine rings is 3. The molecule has 7 aliphatic rings. The first-order valence-corrected chi connectivity index (χ1v) is 25.9. The first-order valence-electron chi connectivity index (χ1n) is 25.9. The molecule has 0 spiro atoms. The minimum Gasteiger partial charge on any atom is -0.381 e. The molecule has 17 nitrogen and oxygen atoms in total.